The van der Waals surface area contributed by atoms with Crippen LogP contribution in [-0.4, -0.2) is 85.5 Å². The van der Waals surface area contributed by atoms with Gasteiger partial charge in [0, 0.05) is 58.2 Å². The maximum absolute atomic E-state index is 14.3. The Balaban J connectivity index is 0.000000181. The molecule has 14 heteroatoms. The van der Waals surface area contributed by atoms with E-state index < -0.39 is 40.6 Å². The number of ketones is 2. The van der Waals surface area contributed by atoms with E-state index in [-0.39, 0.29) is 28.0 Å². The fraction of sp³-hybridized carbons (Fsp3) is 0.391. The van der Waals surface area contributed by atoms with Gasteiger partial charge in [0.25, 0.3) is 11.8 Å². The van der Waals surface area contributed by atoms with Crippen LogP contribution in [0.1, 0.15) is 84.2 Å². The minimum atomic E-state index is -1.13. The molecule has 8 nitrogen and oxygen atoms in total. The Kier molecular flexibility index (Phi) is 12.9. The largest absolute Gasteiger partial charge is 0.307 e. The summed E-state index contributed by atoms with van der Waals surface area (Å²) >= 11 is 12.5. The Morgan fingerprint density at radius 2 is 1.00 bits per heavy atom. The molecule has 4 aliphatic rings. The molecule has 4 aromatic carbocycles. The molecule has 60 heavy (non-hydrogen) atoms. The second-order valence-corrected chi connectivity index (χ2v) is 17.1. The number of nitrogens with zero attached hydrogens (tertiary/aromatic N) is 4. The SMILES string of the molecule is CCC(=O)CN1CCC2(CC1)CN(C(=O)c1c(F)cccc1F)c1ccc(Cl)cc12.CCC(=O)CN1CCC2(CC1)CN(C(=O)c1cccc(F)c1F)c1ccc(Cl)cc12. The van der Waals surface area contributed by atoms with Crippen LogP contribution in [0.5, 0.6) is 0 Å². The maximum atomic E-state index is 14.3. The first kappa shape index (κ1) is 43.5. The lowest BCUT2D eigenvalue weighted by Gasteiger charge is -2.39. The van der Waals surface area contributed by atoms with E-state index in [0.717, 1.165) is 68.1 Å². The standard InChI is InChI=1S/2C23H23ClF2N2O2/c1-2-16(29)13-27-10-8-23(9-11-27)14-28(20-7-6-15(24)12-17(20)23)22(30)21-18(25)4-3-5-19(21)26;1-2-16(29)13-27-10-8-23(9-11-27)14-28(20-7-6-15(24)12-18(20)23)22(30)17-4-3-5-19(25)21(17)26/h2*3-7,12H,2,8-11,13-14H2,1H3. The number of likely N-dealkylation sites (tertiary alicyclic amines) is 2. The predicted molar refractivity (Wildman–Crippen MR) is 224 cm³/mol. The van der Waals surface area contributed by atoms with E-state index in [2.05, 4.69) is 9.80 Å². The van der Waals surface area contributed by atoms with Crippen LogP contribution >= 0.6 is 23.2 Å². The molecule has 0 atom stereocenters. The molecule has 0 aliphatic carbocycles. The van der Waals surface area contributed by atoms with Crippen LogP contribution in [0.15, 0.2) is 72.8 Å². The summed E-state index contributed by atoms with van der Waals surface area (Å²) in [6.45, 7) is 8.19. The predicted octanol–water partition coefficient (Wildman–Crippen LogP) is 9.18. The van der Waals surface area contributed by atoms with Crippen LogP contribution in [0.4, 0.5) is 28.9 Å². The molecule has 0 N–H and O–H groups in total. The van der Waals surface area contributed by atoms with Gasteiger partial charge in [0.1, 0.15) is 28.8 Å². The molecule has 4 aliphatic heterocycles. The monoisotopic (exact) mass is 864 g/mol. The van der Waals surface area contributed by atoms with Crippen LogP contribution in [0.25, 0.3) is 0 Å². The van der Waals surface area contributed by atoms with Gasteiger partial charge >= 0.3 is 0 Å². The van der Waals surface area contributed by atoms with E-state index in [1.54, 1.807) is 24.3 Å². The fourth-order valence-corrected chi connectivity index (χ4v) is 9.50. The third-order valence-corrected chi connectivity index (χ3v) is 13.1. The van der Waals surface area contributed by atoms with Gasteiger partial charge in [0.05, 0.1) is 18.7 Å². The maximum Gasteiger partial charge on any atom is 0.264 e. The molecular weight excluding hydrogens is 819 g/mol. The lowest BCUT2D eigenvalue weighted by atomic mass is 9.74. The van der Waals surface area contributed by atoms with Gasteiger partial charge in [-0.15, -0.1) is 0 Å². The molecule has 0 bridgehead atoms. The van der Waals surface area contributed by atoms with Crippen molar-refractivity contribution >= 4 is 58.0 Å². The third-order valence-electron chi connectivity index (χ3n) is 12.6. The number of halogens is 6. The van der Waals surface area contributed by atoms with Crippen molar-refractivity contribution in [2.24, 2.45) is 0 Å². The molecule has 2 amide bonds. The lowest BCUT2D eigenvalue weighted by molar-refractivity contribution is -0.121. The molecule has 4 aromatic rings. The Labute approximate surface area is 357 Å². The number of Topliss-reactive ketones (excluding diaryl/α,β-unsaturated/α-hetero) is 2. The Morgan fingerprint density at radius 1 is 0.583 bits per heavy atom. The number of carbonyl (C=O) groups excluding carboxylic acids is 4. The highest BCUT2D eigenvalue weighted by molar-refractivity contribution is 6.31. The number of hydrogen-bond donors (Lipinski definition) is 0. The van der Waals surface area contributed by atoms with Crippen molar-refractivity contribution < 1.29 is 36.7 Å². The van der Waals surface area contributed by atoms with E-state index in [0.29, 0.717) is 73.5 Å². The zero-order valence-corrected chi connectivity index (χ0v) is 35.0. The molecule has 0 aromatic heterocycles. The normalized spacial score (nSPS) is 17.9. The second-order valence-electron chi connectivity index (χ2n) is 16.2. The Bertz CT molecular complexity index is 2310. The highest BCUT2D eigenvalue weighted by Gasteiger charge is 2.48. The molecule has 0 radical (unpaired) electrons. The van der Waals surface area contributed by atoms with E-state index in [1.807, 2.05) is 26.0 Å². The Hall–Kier alpha value is -4.62. The van der Waals surface area contributed by atoms with Crippen molar-refractivity contribution in [3.05, 3.63) is 128 Å². The minimum Gasteiger partial charge on any atom is -0.307 e. The number of carbonyl (C=O) groups is 4. The zero-order chi connectivity index (χ0) is 42.9. The summed E-state index contributed by atoms with van der Waals surface area (Å²) in [5.74, 6) is -4.75. The summed E-state index contributed by atoms with van der Waals surface area (Å²) in [5.41, 5.74) is 1.74. The highest BCUT2D eigenvalue weighted by atomic mass is 35.5. The molecule has 316 valence electrons. The molecule has 0 unspecified atom stereocenters. The van der Waals surface area contributed by atoms with Gasteiger partial charge in [0.15, 0.2) is 11.6 Å². The summed E-state index contributed by atoms with van der Waals surface area (Å²) in [5, 5.41) is 1.13. The summed E-state index contributed by atoms with van der Waals surface area (Å²) in [6, 6.07) is 17.7. The highest BCUT2D eigenvalue weighted by Crippen LogP contribution is 2.50. The van der Waals surface area contributed by atoms with Gasteiger partial charge in [-0.25, -0.2) is 17.6 Å². The van der Waals surface area contributed by atoms with Gasteiger partial charge in [-0.2, -0.15) is 0 Å². The minimum absolute atomic E-state index is 0.202. The lowest BCUT2D eigenvalue weighted by Crippen LogP contribution is -2.47. The molecule has 4 heterocycles. The van der Waals surface area contributed by atoms with Crippen LogP contribution in [0.2, 0.25) is 10.0 Å². The summed E-state index contributed by atoms with van der Waals surface area (Å²) in [4.78, 5) is 57.2. The summed E-state index contributed by atoms with van der Waals surface area (Å²) in [7, 11) is 0. The zero-order valence-electron chi connectivity index (χ0n) is 33.5. The van der Waals surface area contributed by atoms with E-state index in [1.165, 1.54) is 28.0 Å². The third kappa shape index (κ3) is 8.48. The van der Waals surface area contributed by atoms with E-state index in [4.69, 9.17) is 23.2 Å². The van der Waals surface area contributed by atoms with Gasteiger partial charge < -0.3 is 9.80 Å². The van der Waals surface area contributed by atoms with Crippen LogP contribution in [0.3, 0.4) is 0 Å². The topological polar surface area (TPSA) is 81.2 Å². The Morgan fingerprint density at radius 3 is 1.45 bits per heavy atom. The van der Waals surface area contributed by atoms with E-state index >= 15 is 0 Å². The second kappa shape index (κ2) is 17.8. The van der Waals surface area contributed by atoms with Crippen LogP contribution in [0, 0.1) is 23.3 Å². The van der Waals surface area contributed by atoms with Gasteiger partial charge in [-0.3, -0.25) is 29.0 Å². The van der Waals surface area contributed by atoms with Gasteiger partial charge in [0.2, 0.25) is 0 Å². The number of rotatable bonds is 8. The number of fused-ring (bicyclic) bond motifs is 4. The molecule has 2 saturated heterocycles. The van der Waals surface area contributed by atoms with Gasteiger partial charge in [-0.1, -0.05) is 49.2 Å². The first-order valence-corrected chi connectivity index (χ1v) is 21.0. The van der Waals surface area contributed by atoms with Crippen molar-refractivity contribution in [2.75, 3.05) is 62.2 Å². The van der Waals surface area contributed by atoms with Crippen molar-refractivity contribution in [2.45, 2.75) is 63.2 Å². The number of piperidine rings is 2. The van der Waals surface area contributed by atoms with Crippen LogP contribution in [-0.2, 0) is 20.4 Å². The van der Waals surface area contributed by atoms with Gasteiger partial charge in [-0.05, 0) is 124 Å². The van der Waals surface area contributed by atoms with Crippen molar-refractivity contribution in [1.29, 1.82) is 0 Å². The summed E-state index contributed by atoms with van der Waals surface area (Å²) in [6.07, 6.45) is 4.01. The average molecular weight is 866 g/mol. The van der Waals surface area contributed by atoms with Crippen LogP contribution < -0.4 is 9.80 Å². The average Bonchev–Trinajstić information content (AvgIpc) is 3.71. The number of benzene rings is 4. The molecule has 8 rings (SSSR count). The molecule has 2 fully saturated rings. The quantitative estimate of drug-likeness (QED) is 0.165. The number of anilines is 2. The fourth-order valence-electron chi connectivity index (χ4n) is 9.15. The molecule has 0 saturated carbocycles. The first-order chi connectivity index (χ1) is 28.7. The molecular formula is C46H46Cl2F4N4O4. The van der Waals surface area contributed by atoms with Crippen molar-refractivity contribution in [3.8, 4) is 0 Å². The van der Waals surface area contributed by atoms with E-state index in [9.17, 15) is 36.7 Å². The number of amides is 2. The van der Waals surface area contributed by atoms with Crippen molar-refractivity contribution in [1.82, 2.24) is 9.80 Å². The molecule has 2 spiro atoms. The van der Waals surface area contributed by atoms with Crippen molar-refractivity contribution in [3.63, 3.8) is 0 Å². The summed E-state index contributed by atoms with van der Waals surface area (Å²) < 4.78 is 56.6. The smallest absolute Gasteiger partial charge is 0.264 e. The first-order valence-electron chi connectivity index (χ1n) is 20.3. The number of hydrogen-bond acceptors (Lipinski definition) is 6.